The zero-order valence-corrected chi connectivity index (χ0v) is 10.3. The van der Waals surface area contributed by atoms with Crippen molar-refractivity contribution in [3.05, 3.63) is 0 Å². The molecule has 1 heterocycles. The summed E-state index contributed by atoms with van der Waals surface area (Å²) in [6, 6.07) is 0. The lowest BCUT2D eigenvalue weighted by molar-refractivity contribution is -0.00387. The maximum absolute atomic E-state index is 5.93. The van der Waals surface area contributed by atoms with Crippen LogP contribution in [0.4, 0.5) is 0 Å². The van der Waals surface area contributed by atoms with Gasteiger partial charge >= 0.3 is 0 Å². The van der Waals surface area contributed by atoms with E-state index in [1.165, 1.54) is 0 Å². The summed E-state index contributed by atoms with van der Waals surface area (Å²) in [7, 11) is 1.78. The van der Waals surface area contributed by atoms with Crippen LogP contribution in [-0.2, 0) is 9.47 Å². The summed E-state index contributed by atoms with van der Waals surface area (Å²) in [5.41, 5.74) is 0.335. The van der Waals surface area contributed by atoms with Crippen LogP contribution >= 0.6 is 0 Å². The first-order valence-electron chi connectivity index (χ1n) is 5.53. The first kappa shape index (κ1) is 12.0. The van der Waals surface area contributed by atoms with E-state index in [-0.39, 0.29) is 12.2 Å². The Hall–Kier alpha value is -0.0800. The minimum atomic E-state index is 0.238. The van der Waals surface area contributed by atoms with E-state index < -0.39 is 0 Å². The second kappa shape index (κ2) is 4.19. The van der Waals surface area contributed by atoms with E-state index in [1.54, 1.807) is 7.11 Å². The van der Waals surface area contributed by atoms with Gasteiger partial charge in [0.15, 0.2) is 0 Å². The standard InChI is InChI=1S/C12H24O2/c1-8-10(7-12(3,4)5)14-9(2)11(8)13-6/h8-11H,7H2,1-6H3/t8-,9+,10-,11-/m1/s1. The lowest BCUT2D eigenvalue weighted by Crippen LogP contribution is -2.27. The molecule has 0 spiro atoms. The summed E-state index contributed by atoms with van der Waals surface area (Å²) in [4.78, 5) is 0. The van der Waals surface area contributed by atoms with Crippen molar-refractivity contribution < 1.29 is 9.47 Å². The Labute approximate surface area is 88.0 Å². The fourth-order valence-corrected chi connectivity index (χ4v) is 2.36. The summed E-state index contributed by atoms with van der Waals surface area (Å²) in [5, 5.41) is 0. The Kier molecular flexibility index (Phi) is 3.59. The van der Waals surface area contributed by atoms with Crippen LogP contribution in [0.15, 0.2) is 0 Å². The smallest absolute Gasteiger partial charge is 0.0880 e. The first-order chi connectivity index (χ1) is 6.35. The van der Waals surface area contributed by atoms with Gasteiger partial charge in [0.05, 0.1) is 18.3 Å². The van der Waals surface area contributed by atoms with Gasteiger partial charge in [-0.1, -0.05) is 27.7 Å². The van der Waals surface area contributed by atoms with E-state index in [9.17, 15) is 0 Å². The van der Waals surface area contributed by atoms with Crippen LogP contribution in [0.25, 0.3) is 0 Å². The fraction of sp³-hybridized carbons (Fsp3) is 1.00. The van der Waals surface area contributed by atoms with Crippen molar-refractivity contribution >= 4 is 0 Å². The summed E-state index contributed by atoms with van der Waals surface area (Å²) in [6.45, 7) is 11.1. The molecule has 0 unspecified atom stereocenters. The predicted octanol–water partition coefficient (Wildman–Crippen LogP) is 2.86. The summed E-state index contributed by atoms with van der Waals surface area (Å²) in [5.74, 6) is 0.509. The van der Waals surface area contributed by atoms with Crippen molar-refractivity contribution in [2.45, 2.75) is 59.4 Å². The van der Waals surface area contributed by atoms with E-state index in [2.05, 4.69) is 34.6 Å². The van der Waals surface area contributed by atoms with Gasteiger partial charge in [-0.05, 0) is 18.8 Å². The van der Waals surface area contributed by atoms with E-state index in [0.717, 1.165) is 6.42 Å². The van der Waals surface area contributed by atoms with Crippen LogP contribution < -0.4 is 0 Å². The molecule has 0 bridgehead atoms. The number of methoxy groups -OCH3 is 1. The van der Waals surface area contributed by atoms with Crippen LogP contribution in [-0.4, -0.2) is 25.4 Å². The van der Waals surface area contributed by atoms with Crippen molar-refractivity contribution in [3.8, 4) is 0 Å². The normalized spacial score (nSPS) is 39.0. The average Bonchev–Trinajstić information content (AvgIpc) is 2.24. The van der Waals surface area contributed by atoms with E-state index >= 15 is 0 Å². The largest absolute Gasteiger partial charge is 0.378 e. The zero-order chi connectivity index (χ0) is 10.9. The Balaban J connectivity index is 2.58. The second-order valence-electron chi connectivity index (χ2n) is 5.70. The zero-order valence-electron chi connectivity index (χ0n) is 10.3. The molecule has 14 heavy (non-hydrogen) atoms. The van der Waals surface area contributed by atoms with Gasteiger partial charge < -0.3 is 9.47 Å². The molecular weight excluding hydrogens is 176 g/mol. The maximum Gasteiger partial charge on any atom is 0.0880 e. The van der Waals surface area contributed by atoms with Gasteiger partial charge in [-0.15, -0.1) is 0 Å². The van der Waals surface area contributed by atoms with Gasteiger partial charge in [-0.2, -0.15) is 0 Å². The molecule has 2 nitrogen and oxygen atoms in total. The third-order valence-corrected chi connectivity index (χ3v) is 3.04. The summed E-state index contributed by atoms with van der Waals surface area (Å²) >= 11 is 0. The van der Waals surface area contributed by atoms with Crippen molar-refractivity contribution in [2.75, 3.05) is 7.11 Å². The molecule has 1 fully saturated rings. The predicted molar refractivity (Wildman–Crippen MR) is 58.4 cm³/mol. The maximum atomic E-state index is 5.93. The van der Waals surface area contributed by atoms with Crippen LogP contribution in [0.2, 0.25) is 0 Å². The molecule has 0 amide bonds. The van der Waals surface area contributed by atoms with Crippen molar-refractivity contribution in [3.63, 3.8) is 0 Å². The minimum Gasteiger partial charge on any atom is -0.378 e. The topological polar surface area (TPSA) is 18.5 Å². The van der Waals surface area contributed by atoms with E-state index in [0.29, 0.717) is 17.4 Å². The molecule has 0 saturated carbocycles. The Morgan fingerprint density at radius 2 is 1.79 bits per heavy atom. The molecule has 0 aliphatic carbocycles. The SMILES string of the molecule is CO[C@@H]1[C@H](C)[C@@H](CC(C)(C)C)O[C@H]1C. The van der Waals surface area contributed by atoms with Crippen LogP contribution in [0.5, 0.6) is 0 Å². The molecule has 1 saturated heterocycles. The molecular formula is C12H24O2. The molecule has 0 aromatic heterocycles. The molecule has 1 aliphatic rings. The molecule has 1 rings (SSSR count). The lowest BCUT2D eigenvalue weighted by Gasteiger charge is -2.25. The first-order valence-corrected chi connectivity index (χ1v) is 5.53. The van der Waals surface area contributed by atoms with Gasteiger partial charge in [-0.25, -0.2) is 0 Å². The van der Waals surface area contributed by atoms with E-state index in [4.69, 9.17) is 9.47 Å². The van der Waals surface area contributed by atoms with Crippen molar-refractivity contribution in [2.24, 2.45) is 11.3 Å². The number of hydrogen-bond donors (Lipinski definition) is 0. The quantitative estimate of drug-likeness (QED) is 0.682. The summed E-state index contributed by atoms with van der Waals surface area (Å²) in [6.07, 6.45) is 1.97. The Bertz CT molecular complexity index is 183. The summed E-state index contributed by atoms with van der Waals surface area (Å²) < 4.78 is 11.4. The lowest BCUT2D eigenvalue weighted by atomic mass is 9.84. The second-order valence-corrected chi connectivity index (χ2v) is 5.70. The third kappa shape index (κ3) is 2.71. The molecule has 0 aromatic carbocycles. The number of ether oxygens (including phenoxy) is 2. The highest BCUT2D eigenvalue weighted by Gasteiger charge is 2.40. The fourth-order valence-electron chi connectivity index (χ4n) is 2.36. The van der Waals surface area contributed by atoms with Gasteiger partial charge in [0.1, 0.15) is 0 Å². The van der Waals surface area contributed by atoms with Crippen LogP contribution in [0.3, 0.4) is 0 Å². The molecule has 0 radical (unpaired) electrons. The number of rotatable bonds is 2. The average molecular weight is 200 g/mol. The molecule has 0 aromatic rings. The highest BCUT2D eigenvalue weighted by Crippen LogP contribution is 2.35. The van der Waals surface area contributed by atoms with Crippen LogP contribution in [0, 0.1) is 11.3 Å². The van der Waals surface area contributed by atoms with Crippen molar-refractivity contribution in [1.29, 1.82) is 0 Å². The third-order valence-electron chi connectivity index (χ3n) is 3.04. The molecule has 1 aliphatic heterocycles. The highest BCUT2D eigenvalue weighted by atomic mass is 16.6. The Morgan fingerprint density at radius 1 is 1.21 bits per heavy atom. The highest BCUT2D eigenvalue weighted by molar-refractivity contribution is 4.88. The van der Waals surface area contributed by atoms with Crippen LogP contribution in [0.1, 0.15) is 41.0 Å². The number of hydrogen-bond acceptors (Lipinski definition) is 2. The van der Waals surface area contributed by atoms with Crippen molar-refractivity contribution in [1.82, 2.24) is 0 Å². The van der Waals surface area contributed by atoms with Gasteiger partial charge in [0.2, 0.25) is 0 Å². The molecule has 84 valence electrons. The molecule has 2 heteroatoms. The van der Waals surface area contributed by atoms with Gasteiger partial charge in [0, 0.05) is 13.0 Å². The molecule has 0 N–H and O–H groups in total. The van der Waals surface area contributed by atoms with E-state index in [1.807, 2.05) is 0 Å². The Morgan fingerprint density at radius 3 is 2.14 bits per heavy atom. The molecule has 4 atom stereocenters. The minimum absolute atomic E-state index is 0.238. The monoisotopic (exact) mass is 200 g/mol. The van der Waals surface area contributed by atoms with Gasteiger partial charge in [-0.3, -0.25) is 0 Å². The van der Waals surface area contributed by atoms with Gasteiger partial charge in [0.25, 0.3) is 0 Å².